The molecule has 0 aliphatic heterocycles. The zero-order valence-electron chi connectivity index (χ0n) is 19.9. The summed E-state index contributed by atoms with van der Waals surface area (Å²) >= 11 is 0. The molecule has 0 amide bonds. The van der Waals surface area contributed by atoms with Gasteiger partial charge in [-0.1, -0.05) is 127 Å². The summed E-state index contributed by atoms with van der Waals surface area (Å²) in [5, 5.41) is 6.20. The minimum absolute atomic E-state index is 0. The number of nitrogens with one attached hydrogen (secondary N) is 1. The second-order valence-electron chi connectivity index (χ2n) is 9.44. The average Bonchev–Trinajstić information content (AvgIpc) is 3.25. The highest BCUT2D eigenvalue weighted by molar-refractivity contribution is 5.96. The Morgan fingerprint density at radius 2 is 1.08 bits per heavy atom. The summed E-state index contributed by atoms with van der Waals surface area (Å²) in [5.41, 5.74) is 9.63. The van der Waals surface area contributed by atoms with Gasteiger partial charge in [-0.05, 0) is 57.0 Å². The Kier molecular flexibility index (Phi) is 4.75. The molecule has 1 nitrogen and oxygen atoms in total. The van der Waals surface area contributed by atoms with E-state index in [-0.39, 0.29) is 6.84 Å². The van der Waals surface area contributed by atoms with Crippen molar-refractivity contribution in [2.45, 2.75) is 5.41 Å². The van der Waals surface area contributed by atoms with Crippen molar-refractivity contribution in [3.05, 3.63) is 168 Å². The Morgan fingerprint density at radius 1 is 0.472 bits per heavy atom. The van der Waals surface area contributed by atoms with Crippen LogP contribution in [0.15, 0.2) is 146 Å². The van der Waals surface area contributed by atoms with Crippen molar-refractivity contribution in [2.24, 2.45) is 0 Å². The molecule has 0 aromatic heterocycles. The summed E-state index contributed by atoms with van der Waals surface area (Å²) in [6, 6.07) is 52.6. The summed E-state index contributed by atoms with van der Waals surface area (Å²) in [4.78, 5) is 0. The maximum absolute atomic E-state index is 3.74. The summed E-state index contributed by atoms with van der Waals surface area (Å²) in [6.45, 7) is 0. The van der Waals surface area contributed by atoms with E-state index in [1.54, 1.807) is 0 Å². The second-order valence-corrected chi connectivity index (χ2v) is 9.44. The Bertz CT molecular complexity index is 1660. The normalized spacial score (nSPS) is 13.2. The van der Waals surface area contributed by atoms with E-state index in [0.29, 0.717) is 0 Å². The van der Waals surface area contributed by atoms with E-state index in [4.69, 9.17) is 0 Å². The zero-order chi connectivity index (χ0) is 24.0. The first-order valence-corrected chi connectivity index (χ1v) is 12.5. The Labute approximate surface area is 213 Å². The zero-order valence-corrected chi connectivity index (χ0v) is 19.9. The molecule has 0 saturated carbocycles. The number of benzene rings is 6. The van der Waals surface area contributed by atoms with Gasteiger partial charge in [-0.15, -0.1) is 0 Å². The van der Waals surface area contributed by atoms with E-state index >= 15 is 0 Å². The number of hydrogen-bond acceptors (Lipinski definition) is 1. The third-order valence-electron chi connectivity index (χ3n) is 7.53. The van der Waals surface area contributed by atoms with E-state index in [9.17, 15) is 0 Å². The van der Waals surface area contributed by atoms with Crippen LogP contribution >= 0.6 is 0 Å². The topological polar surface area (TPSA) is 12.0 Å². The van der Waals surface area contributed by atoms with Gasteiger partial charge in [-0.3, -0.25) is 0 Å². The SMILES string of the molecule is [HH].c1ccc(C2(c3ccccc3)c3ccccc3-c3ccc(Nc4cccc5ccccc45)cc32)cc1. The molecule has 6 aromatic carbocycles. The Balaban J connectivity index is 0.00000252. The molecule has 172 valence electrons. The molecule has 6 aromatic rings. The minimum Gasteiger partial charge on any atom is -0.355 e. The van der Waals surface area contributed by atoms with Crippen molar-refractivity contribution >= 4 is 22.1 Å². The predicted octanol–water partition coefficient (Wildman–Crippen LogP) is 9.19. The lowest BCUT2D eigenvalue weighted by Gasteiger charge is -2.34. The largest absolute Gasteiger partial charge is 0.355 e. The highest BCUT2D eigenvalue weighted by atomic mass is 14.9. The molecular weight excluding hydrogens is 434 g/mol. The molecule has 1 heteroatoms. The molecule has 0 unspecified atom stereocenters. The van der Waals surface area contributed by atoms with Crippen LogP contribution < -0.4 is 5.32 Å². The smallest absolute Gasteiger partial charge is 0.0714 e. The fraction of sp³-hybridized carbons (Fsp3) is 0.0286. The Hall–Kier alpha value is -4.62. The van der Waals surface area contributed by atoms with Crippen molar-refractivity contribution in [1.29, 1.82) is 0 Å². The number of rotatable bonds is 4. The van der Waals surface area contributed by atoms with Gasteiger partial charge in [0.05, 0.1) is 5.41 Å². The number of hydrogen-bond donors (Lipinski definition) is 1. The Morgan fingerprint density at radius 3 is 1.86 bits per heavy atom. The fourth-order valence-corrected chi connectivity index (χ4v) is 6.01. The summed E-state index contributed by atoms with van der Waals surface area (Å²) < 4.78 is 0. The van der Waals surface area contributed by atoms with Crippen molar-refractivity contribution in [2.75, 3.05) is 5.32 Å². The molecular formula is C35H27N. The molecule has 0 spiro atoms. The van der Waals surface area contributed by atoms with Gasteiger partial charge in [0.15, 0.2) is 0 Å². The van der Waals surface area contributed by atoms with Crippen molar-refractivity contribution in [3.8, 4) is 11.1 Å². The minimum atomic E-state index is -0.384. The second kappa shape index (κ2) is 8.25. The predicted molar refractivity (Wildman–Crippen MR) is 153 cm³/mol. The summed E-state index contributed by atoms with van der Waals surface area (Å²) in [7, 11) is 0. The van der Waals surface area contributed by atoms with Crippen LogP contribution in [0.5, 0.6) is 0 Å². The standard InChI is InChI=1S/C35H25N.H2/c1-3-14-26(15-4-1)35(27-16-5-2-6-17-27)32-20-10-9-19-30(32)31-23-22-28(24-33(31)35)36-34-21-11-13-25-12-7-8-18-29(25)34;/h1-24,36H;1H. The maximum Gasteiger partial charge on any atom is 0.0714 e. The van der Waals surface area contributed by atoms with Gasteiger partial charge in [-0.2, -0.15) is 0 Å². The lowest BCUT2D eigenvalue weighted by atomic mass is 9.67. The molecule has 1 aliphatic rings. The van der Waals surface area contributed by atoms with E-state index in [2.05, 4.69) is 151 Å². The van der Waals surface area contributed by atoms with Crippen LogP contribution in [0.4, 0.5) is 11.4 Å². The van der Waals surface area contributed by atoms with Crippen molar-refractivity contribution < 1.29 is 1.43 Å². The third kappa shape index (κ3) is 3.03. The highest BCUT2D eigenvalue weighted by Crippen LogP contribution is 2.56. The molecule has 7 rings (SSSR count). The average molecular weight is 462 g/mol. The lowest BCUT2D eigenvalue weighted by Crippen LogP contribution is -2.28. The molecule has 0 fully saturated rings. The lowest BCUT2D eigenvalue weighted by molar-refractivity contribution is 0.769. The van der Waals surface area contributed by atoms with Gasteiger partial charge >= 0.3 is 0 Å². The van der Waals surface area contributed by atoms with Crippen LogP contribution in [-0.2, 0) is 5.41 Å². The van der Waals surface area contributed by atoms with Gasteiger partial charge in [0.25, 0.3) is 0 Å². The monoisotopic (exact) mass is 461 g/mol. The van der Waals surface area contributed by atoms with Crippen molar-refractivity contribution in [3.63, 3.8) is 0 Å². The first-order valence-electron chi connectivity index (χ1n) is 12.5. The molecule has 36 heavy (non-hydrogen) atoms. The van der Waals surface area contributed by atoms with E-state index < -0.39 is 0 Å². The molecule has 0 radical (unpaired) electrons. The van der Waals surface area contributed by atoms with Crippen LogP contribution in [-0.4, -0.2) is 0 Å². The maximum atomic E-state index is 3.74. The van der Waals surface area contributed by atoms with Crippen LogP contribution in [0.2, 0.25) is 0 Å². The number of anilines is 2. The molecule has 1 aliphatic carbocycles. The first kappa shape index (κ1) is 20.7. The van der Waals surface area contributed by atoms with E-state index in [1.807, 2.05) is 0 Å². The third-order valence-corrected chi connectivity index (χ3v) is 7.53. The fourth-order valence-electron chi connectivity index (χ4n) is 6.01. The van der Waals surface area contributed by atoms with Crippen LogP contribution in [0.1, 0.15) is 23.7 Å². The molecule has 0 saturated heterocycles. The van der Waals surface area contributed by atoms with Crippen LogP contribution in [0, 0.1) is 0 Å². The van der Waals surface area contributed by atoms with Crippen LogP contribution in [0.3, 0.4) is 0 Å². The highest BCUT2D eigenvalue weighted by Gasteiger charge is 2.45. The number of fused-ring (bicyclic) bond motifs is 4. The van der Waals surface area contributed by atoms with Crippen molar-refractivity contribution in [1.82, 2.24) is 0 Å². The van der Waals surface area contributed by atoms with Gasteiger partial charge in [0, 0.05) is 18.2 Å². The summed E-state index contributed by atoms with van der Waals surface area (Å²) in [6.07, 6.45) is 0. The van der Waals surface area contributed by atoms with Gasteiger partial charge in [0.2, 0.25) is 0 Å². The first-order chi connectivity index (χ1) is 17.9. The summed E-state index contributed by atoms with van der Waals surface area (Å²) in [5.74, 6) is 0. The van der Waals surface area contributed by atoms with E-state index in [1.165, 1.54) is 44.2 Å². The van der Waals surface area contributed by atoms with Gasteiger partial charge in [0.1, 0.15) is 0 Å². The van der Waals surface area contributed by atoms with Gasteiger partial charge < -0.3 is 5.32 Å². The van der Waals surface area contributed by atoms with Gasteiger partial charge in [-0.25, -0.2) is 0 Å². The molecule has 1 N–H and O–H groups in total. The molecule has 0 bridgehead atoms. The van der Waals surface area contributed by atoms with E-state index in [0.717, 1.165) is 11.4 Å². The van der Waals surface area contributed by atoms with Crippen LogP contribution in [0.25, 0.3) is 21.9 Å². The molecule has 0 atom stereocenters. The quantitative estimate of drug-likeness (QED) is 0.275. The molecule has 0 heterocycles.